The smallest absolute Gasteiger partial charge is 0.263 e. The van der Waals surface area contributed by atoms with Crippen LogP contribution in [-0.2, 0) is 14.8 Å². The average Bonchev–Trinajstić information content (AvgIpc) is 3.15. The number of ether oxygens (including phenoxy) is 1. The van der Waals surface area contributed by atoms with Crippen molar-refractivity contribution in [1.82, 2.24) is 5.32 Å². The molecule has 0 unspecified atom stereocenters. The standard InChI is InChI=1S/C17H21ClN2O4S/c1-25(22,23)20-9-16(24-15-5-4-12(18)8-14(15)20)17(21)19-13-7-10-2-3-11(13)6-10/h4-5,8,10-11,13,16H,2-3,6-7,9H2,1H3,(H,19,21)/t10-,11-,13-,16-/m0/s1. The number of anilines is 1. The Kier molecular flexibility index (Phi) is 4.11. The Hall–Kier alpha value is -1.47. The first-order valence-electron chi connectivity index (χ1n) is 8.55. The van der Waals surface area contributed by atoms with Crippen molar-refractivity contribution in [1.29, 1.82) is 0 Å². The van der Waals surface area contributed by atoms with Gasteiger partial charge < -0.3 is 10.1 Å². The number of carbonyl (C=O) groups excluding carboxylic acids is 1. The number of hydrogen-bond donors (Lipinski definition) is 1. The molecule has 4 rings (SSSR count). The Balaban J connectivity index is 1.55. The number of hydrogen-bond acceptors (Lipinski definition) is 4. The summed E-state index contributed by atoms with van der Waals surface area (Å²) >= 11 is 5.98. The van der Waals surface area contributed by atoms with Crippen molar-refractivity contribution in [3.63, 3.8) is 0 Å². The normalized spacial score (nSPS) is 30.7. The molecular weight excluding hydrogens is 364 g/mol. The Morgan fingerprint density at radius 2 is 2.12 bits per heavy atom. The minimum atomic E-state index is -3.54. The van der Waals surface area contributed by atoms with Crippen molar-refractivity contribution < 1.29 is 17.9 Å². The molecule has 1 aliphatic heterocycles. The molecule has 1 amide bonds. The Morgan fingerprint density at radius 3 is 2.76 bits per heavy atom. The van der Waals surface area contributed by atoms with Crippen molar-refractivity contribution in [2.24, 2.45) is 11.8 Å². The van der Waals surface area contributed by atoms with Gasteiger partial charge in [0.05, 0.1) is 18.5 Å². The highest BCUT2D eigenvalue weighted by Crippen LogP contribution is 2.44. The van der Waals surface area contributed by atoms with Crippen LogP contribution in [0.25, 0.3) is 0 Å². The molecule has 25 heavy (non-hydrogen) atoms. The van der Waals surface area contributed by atoms with E-state index in [2.05, 4.69) is 5.32 Å². The van der Waals surface area contributed by atoms with Gasteiger partial charge in [0.15, 0.2) is 6.10 Å². The minimum Gasteiger partial charge on any atom is -0.476 e. The van der Waals surface area contributed by atoms with Crippen LogP contribution >= 0.6 is 11.6 Å². The second kappa shape index (κ2) is 6.06. The molecule has 4 atom stereocenters. The van der Waals surface area contributed by atoms with Crippen LogP contribution < -0.4 is 14.4 Å². The highest BCUT2D eigenvalue weighted by atomic mass is 35.5. The topological polar surface area (TPSA) is 75.7 Å². The summed E-state index contributed by atoms with van der Waals surface area (Å²) in [6.07, 6.45) is 4.89. The summed E-state index contributed by atoms with van der Waals surface area (Å²) in [7, 11) is -3.54. The fourth-order valence-corrected chi connectivity index (χ4v) is 5.44. The first-order chi connectivity index (χ1) is 11.8. The highest BCUT2D eigenvalue weighted by molar-refractivity contribution is 7.92. The van der Waals surface area contributed by atoms with E-state index in [0.29, 0.717) is 22.4 Å². The largest absolute Gasteiger partial charge is 0.476 e. The van der Waals surface area contributed by atoms with Crippen LogP contribution in [0.1, 0.15) is 25.7 Å². The Labute approximate surface area is 152 Å². The van der Waals surface area contributed by atoms with E-state index in [4.69, 9.17) is 16.3 Å². The van der Waals surface area contributed by atoms with Gasteiger partial charge in [0.1, 0.15) is 5.75 Å². The summed E-state index contributed by atoms with van der Waals surface area (Å²) in [6, 6.07) is 4.96. The van der Waals surface area contributed by atoms with Gasteiger partial charge in [-0.2, -0.15) is 0 Å². The predicted octanol–water partition coefficient (Wildman–Crippen LogP) is 2.17. The zero-order valence-corrected chi connectivity index (χ0v) is 15.5. The first-order valence-corrected chi connectivity index (χ1v) is 10.8. The fraction of sp³-hybridized carbons (Fsp3) is 0.588. The van der Waals surface area contributed by atoms with Crippen LogP contribution in [0.3, 0.4) is 0 Å². The molecule has 1 aromatic rings. The number of halogens is 1. The van der Waals surface area contributed by atoms with E-state index in [1.807, 2.05) is 0 Å². The molecule has 0 radical (unpaired) electrons. The lowest BCUT2D eigenvalue weighted by atomic mass is 9.95. The highest BCUT2D eigenvalue weighted by Gasteiger charge is 2.42. The number of amides is 1. The van der Waals surface area contributed by atoms with E-state index in [9.17, 15) is 13.2 Å². The monoisotopic (exact) mass is 384 g/mol. The summed E-state index contributed by atoms with van der Waals surface area (Å²) in [6.45, 7) is -0.0428. The van der Waals surface area contributed by atoms with E-state index < -0.39 is 16.1 Å². The number of carbonyl (C=O) groups is 1. The van der Waals surface area contributed by atoms with Gasteiger partial charge in [-0.1, -0.05) is 18.0 Å². The lowest BCUT2D eigenvalue weighted by Crippen LogP contribution is -2.53. The van der Waals surface area contributed by atoms with Gasteiger partial charge in [0, 0.05) is 11.1 Å². The SMILES string of the molecule is CS(=O)(=O)N1C[C@@H](C(=O)N[C@H]2C[C@H]3CC[C@H]2C3)Oc2ccc(Cl)cc21. The average molecular weight is 385 g/mol. The van der Waals surface area contributed by atoms with E-state index in [1.165, 1.54) is 17.1 Å². The maximum atomic E-state index is 12.7. The van der Waals surface area contributed by atoms with E-state index >= 15 is 0 Å². The zero-order valence-electron chi connectivity index (χ0n) is 13.9. The Morgan fingerprint density at radius 1 is 1.32 bits per heavy atom. The molecule has 0 spiro atoms. The number of nitrogens with zero attached hydrogens (tertiary/aromatic N) is 1. The molecule has 2 aliphatic carbocycles. The summed E-state index contributed by atoms with van der Waals surface area (Å²) in [5.41, 5.74) is 0.374. The van der Waals surface area contributed by atoms with Crippen LogP contribution in [0, 0.1) is 11.8 Å². The lowest BCUT2D eigenvalue weighted by molar-refractivity contribution is -0.128. The van der Waals surface area contributed by atoms with Gasteiger partial charge >= 0.3 is 0 Å². The number of benzene rings is 1. The van der Waals surface area contributed by atoms with Gasteiger partial charge in [-0.15, -0.1) is 0 Å². The van der Waals surface area contributed by atoms with Crippen molar-refractivity contribution in [2.75, 3.05) is 17.1 Å². The van der Waals surface area contributed by atoms with Crippen LogP contribution in [0.2, 0.25) is 5.02 Å². The maximum absolute atomic E-state index is 12.7. The minimum absolute atomic E-state index is 0.0428. The molecule has 0 saturated heterocycles. The van der Waals surface area contributed by atoms with Crippen LogP contribution in [0.4, 0.5) is 5.69 Å². The van der Waals surface area contributed by atoms with Gasteiger partial charge in [0.25, 0.3) is 5.91 Å². The molecule has 2 bridgehead atoms. The second-order valence-electron chi connectivity index (χ2n) is 7.30. The maximum Gasteiger partial charge on any atom is 0.263 e. The number of fused-ring (bicyclic) bond motifs is 3. The molecule has 2 saturated carbocycles. The molecule has 1 N–H and O–H groups in total. The molecule has 136 valence electrons. The van der Waals surface area contributed by atoms with Crippen molar-refractivity contribution in [2.45, 2.75) is 37.8 Å². The quantitative estimate of drug-likeness (QED) is 0.866. The molecule has 1 aromatic carbocycles. The van der Waals surface area contributed by atoms with Gasteiger partial charge in [0.2, 0.25) is 10.0 Å². The Bertz CT molecular complexity index is 813. The van der Waals surface area contributed by atoms with Crippen LogP contribution in [0.15, 0.2) is 18.2 Å². The third-order valence-electron chi connectivity index (χ3n) is 5.55. The number of rotatable bonds is 3. The fourth-order valence-electron chi connectivity index (χ4n) is 4.37. The summed E-state index contributed by atoms with van der Waals surface area (Å²) in [5.74, 6) is 1.38. The number of sulfonamides is 1. The second-order valence-corrected chi connectivity index (χ2v) is 9.65. The van der Waals surface area contributed by atoms with Gasteiger partial charge in [-0.3, -0.25) is 9.10 Å². The molecule has 1 heterocycles. The number of nitrogens with one attached hydrogen (secondary N) is 1. The van der Waals surface area contributed by atoms with Crippen LogP contribution in [-0.4, -0.2) is 39.3 Å². The van der Waals surface area contributed by atoms with E-state index in [-0.39, 0.29) is 18.5 Å². The van der Waals surface area contributed by atoms with E-state index in [1.54, 1.807) is 18.2 Å². The van der Waals surface area contributed by atoms with Crippen LogP contribution in [0.5, 0.6) is 5.75 Å². The van der Waals surface area contributed by atoms with Crippen molar-refractivity contribution in [3.8, 4) is 5.75 Å². The summed E-state index contributed by atoms with van der Waals surface area (Å²) in [4.78, 5) is 12.7. The first kappa shape index (κ1) is 17.0. The predicted molar refractivity (Wildman–Crippen MR) is 95.4 cm³/mol. The third kappa shape index (κ3) is 3.19. The van der Waals surface area contributed by atoms with Gasteiger partial charge in [-0.25, -0.2) is 8.42 Å². The summed E-state index contributed by atoms with van der Waals surface area (Å²) < 4.78 is 31.3. The third-order valence-corrected chi connectivity index (χ3v) is 6.93. The van der Waals surface area contributed by atoms with E-state index in [0.717, 1.165) is 25.0 Å². The zero-order chi connectivity index (χ0) is 17.8. The molecule has 8 heteroatoms. The molecule has 6 nitrogen and oxygen atoms in total. The van der Waals surface area contributed by atoms with Gasteiger partial charge in [-0.05, 0) is 49.3 Å². The van der Waals surface area contributed by atoms with Crippen molar-refractivity contribution in [3.05, 3.63) is 23.2 Å². The molecular formula is C17H21ClN2O4S. The lowest BCUT2D eigenvalue weighted by Gasteiger charge is -2.35. The molecule has 0 aromatic heterocycles. The van der Waals surface area contributed by atoms with Crippen molar-refractivity contribution >= 4 is 33.2 Å². The molecule has 3 aliphatic rings. The summed E-state index contributed by atoms with van der Waals surface area (Å²) in [5, 5.41) is 3.50. The molecule has 2 fully saturated rings.